The van der Waals surface area contributed by atoms with Gasteiger partial charge in [-0.05, 0) is 43.0 Å². The van der Waals surface area contributed by atoms with Crippen LogP contribution in [0.2, 0.25) is 0 Å². The first-order valence-electron chi connectivity index (χ1n) is 9.14. The van der Waals surface area contributed by atoms with Gasteiger partial charge < -0.3 is 14.4 Å². The molecule has 28 heavy (non-hydrogen) atoms. The summed E-state index contributed by atoms with van der Waals surface area (Å²) < 4.78 is 24.8. The molecule has 0 amide bonds. The Kier molecular flexibility index (Phi) is 5.06. The van der Waals surface area contributed by atoms with Crippen molar-refractivity contribution in [1.82, 2.24) is 15.0 Å². The summed E-state index contributed by atoms with van der Waals surface area (Å²) in [4.78, 5) is 15.2. The zero-order valence-electron chi connectivity index (χ0n) is 15.8. The zero-order valence-corrected chi connectivity index (χ0v) is 15.8. The largest absolute Gasteiger partial charge is 0.496 e. The molecule has 4 rings (SSSR count). The van der Waals surface area contributed by atoms with Crippen molar-refractivity contribution < 1.29 is 13.9 Å². The van der Waals surface area contributed by atoms with E-state index in [1.54, 1.807) is 30.7 Å². The van der Waals surface area contributed by atoms with E-state index in [4.69, 9.17) is 9.47 Å². The number of benzene rings is 1. The van der Waals surface area contributed by atoms with E-state index in [2.05, 4.69) is 19.9 Å². The highest BCUT2D eigenvalue weighted by Gasteiger charge is 2.23. The molecule has 1 saturated carbocycles. The maximum atomic E-state index is 13.5. The van der Waals surface area contributed by atoms with Gasteiger partial charge in [0.15, 0.2) is 5.75 Å². The number of methoxy groups -OCH3 is 1. The Morgan fingerprint density at radius 2 is 1.89 bits per heavy atom. The third-order valence-electron chi connectivity index (χ3n) is 4.62. The Morgan fingerprint density at radius 1 is 1.11 bits per heavy atom. The molecule has 0 radical (unpaired) electrons. The van der Waals surface area contributed by atoms with Crippen molar-refractivity contribution in [2.24, 2.45) is 5.92 Å². The summed E-state index contributed by atoms with van der Waals surface area (Å²) in [7, 11) is 3.49. The molecule has 0 spiro atoms. The first-order valence-corrected chi connectivity index (χ1v) is 9.14. The molecule has 0 bridgehead atoms. The molecule has 2 heterocycles. The predicted octanol–water partition coefficient (Wildman–Crippen LogP) is 4.32. The zero-order chi connectivity index (χ0) is 19.5. The lowest BCUT2D eigenvalue weighted by molar-refractivity contribution is 0.412. The Balaban J connectivity index is 1.57. The Morgan fingerprint density at radius 3 is 2.61 bits per heavy atom. The predicted molar refractivity (Wildman–Crippen MR) is 104 cm³/mol. The number of halogens is 1. The highest BCUT2D eigenvalue weighted by atomic mass is 19.1. The van der Waals surface area contributed by atoms with Crippen LogP contribution in [0.25, 0.3) is 11.1 Å². The van der Waals surface area contributed by atoms with Crippen molar-refractivity contribution in [3.63, 3.8) is 0 Å². The van der Waals surface area contributed by atoms with Crippen LogP contribution in [0.3, 0.4) is 0 Å². The Labute approximate surface area is 163 Å². The molecule has 0 atom stereocenters. The number of hydrogen-bond donors (Lipinski definition) is 0. The molecule has 7 heteroatoms. The molecular weight excluding hydrogens is 359 g/mol. The topological polar surface area (TPSA) is 60.4 Å². The average molecular weight is 380 g/mol. The summed E-state index contributed by atoms with van der Waals surface area (Å²) in [6, 6.07) is 7.99. The van der Waals surface area contributed by atoms with Crippen LogP contribution in [0, 0.1) is 11.7 Å². The third-order valence-corrected chi connectivity index (χ3v) is 4.62. The molecule has 2 aromatic heterocycles. The summed E-state index contributed by atoms with van der Waals surface area (Å²) in [5.74, 6) is 2.31. The number of nitrogens with zero attached hydrogens (tertiary/aromatic N) is 4. The van der Waals surface area contributed by atoms with Crippen LogP contribution < -0.4 is 14.4 Å². The summed E-state index contributed by atoms with van der Waals surface area (Å²) in [5, 5.41) is 0. The molecule has 0 saturated heterocycles. The van der Waals surface area contributed by atoms with Crippen molar-refractivity contribution in [3.8, 4) is 28.5 Å². The van der Waals surface area contributed by atoms with Gasteiger partial charge in [-0.1, -0.05) is 0 Å². The second-order valence-electron chi connectivity index (χ2n) is 6.85. The molecule has 0 unspecified atom stereocenters. The number of ether oxygens (including phenoxy) is 2. The van der Waals surface area contributed by atoms with Crippen LogP contribution in [-0.2, 0) is 0 Å². The van der Waals surface area contributed by atoms with Gasteiger partial charge >= 0.3 is 0 Å². The van der Waals surface area contributed by atoms with Crippen molar-refractivity contribution >= 4 is 5.95 Å². The van der Waals surface area contributed by atoms with Gasteiger partial charge in [0, 0.05) is 37.0 Å². The second kappa shape index (κ2) is 7.80. The highest BCUT2D eigenvalue weighted by molar-refractivity contribution is 5.74. The van der Waals surface area contributed by atoms with Gasteiger partial charge in [-0.25, -0.2) is 19.3 Å². The highest BCUT2D eigenvalue weighted by Crippen LogP contribution is 2.37. The van der Waals surface area contributed by atoms with Crippen LogP contribution in [0.15, 0.2) is 48.9 Å². The molecular formula is C21H21FN4O2. The lowest BCUT2D eigenvalue weighted by Gasteiger charge is -2.16. The number of pyridine rings is 1. The Bertz CT molecular complexity index is 961. The second-order valence-corrected chi connectivity index (χ2v) is 6.85. The monoisotopic (exact) mass is 380 g/mol. The molecule has 144 valence electrons. The molecule has 0 N–H and O–H groups in total. The number of rotatable bonds is 7. The van der Waals surface area contributed by atoms with E-state index in [0.717, 1.165) is 12.5 Å². The van der Waals surface area contributed by atoms with E-state index in [9.17, 15) is 4.39 Å². The van der Waals surface area contributed by atoms with Crippen LogP contribution in [0.4, 0.5) is 10.3 Å². The van der Waals surface area contributed by atoms with Crippen LogP contribution in [0.1, 0.15) is 12.8 Å². The lowest BCUT2D eigenvalue weighted by Crippen LogP contribution is -2.22. The number of hydrogen-bond acceptors (Lipinski definition) is 6. The fourth-order valence-corrected chi connectivity index (χ4v) is 3.00. The maximum Gasteiger partial charge on any atom is 0.227 e. The molecule has 1 fully saturated rings. The minimum atomic E-state index is -0.369. The molecule has 1 aliphatic rings. The normalized spacial score (nSPS) is 13.2. The molecule has 0 aliphatic heterocycles. The van der Waals surface area contributed by atoms with Crippen LogP contribution in [-0.4, -0.2) is 35.7 Å². The fraction of sp³-hybridized carbons (Fsp3) is 0.286. The maximum absolute atomic E-state index is 13.5. The van der Waals surface area contributed by atoms with Gasteiger partial charge in [-0.2, -0.15) is 0 Å². The van der Waals surface area contributed by atoms with Gasteiger partial charge in [-0.15, -0.1) is 0 Å². The van der Waals surface area contributed by atoms with E-state index in [1.165, 1.54) is 32.1 Å². The van der Waals surface area contributed by atoms with E-state index in [0.29, 0.717) is 34.5 Å². The lowest BCUT2D eigenvalue weighted by atomic mass is 10.1. The van der Waals surface area contributed by atoms with Gasteiger partial charge in [0.1, 0.15) is 11.6 Å². The van der Waals surface area contributed by atoms with Crippen molar-refractivity contribution in [2.45, 2.75) is 12.8 Å². The smallest absolute Gasteiger partial charge is 0.227 e. The van der Waals surface area contributed by atoms with E-state index < -0.39 is 0 Å². The molecule has 1 aliphatic carbocycles. The minimum Gasteiger partial charge on any atom is -0.496 e. The Hall–Kier alpha value is -3.22. The first kappa shape index (κ1) is 18.2. The van der Waals surface area contributed by atoms with Crippen molar-refractivity contribution in [3.05, 3.63) is 54.7 Å². The summed E-state index contributed by atoms with van der Waals surface area (Å²) in [6.07, 6.45) is 7.45. The van der Waals surface area contributed by atoms with Gasteiger partial charge in [-0.3, -0.25) is 0 Å². The van der Waals surface area contributed by atoms with Gasteiger partial charge in [0.25, 0.3) is 0 Å². The third kappa shape index (κ3) is 4.03. The fourth-order valence-electron chi connectivity index (χ4n) is 3.00. The van der Waals surface area contributed by atoms with E-state index >= 15 is 0 Å². The number of aromatic nitrogens is 3. The summed E-state index contributed by atoms with van der Waals surface area (Å²) in [6.45, 7) is 0.967. The quantitative estimate of drug-likeness (QED) is 0.608. The van der Waals surface area contributed by atoms with Crippen LogP contribution in [0.5, 0.6) is 17.4 Å². The number of anilines is 1. The van der Waals surface area contributed by atoms with Gasteiger partial charge in [0.05, 0.1) is 19.5 Å². The van der Waals surface area contributed by atoms with Crippen molar-refractivity contribution in [1.29, 1.82) is 0 Å². The van der Waals surface area contributed by atoms with Crippen molar-refractivity contribution in [2.75, 3.05) is 25.6 Å². The molecule has 6 nitrogen and oxygen atoms in total. The summed E-state index contributed by atoms with van der Waals surface area (Å²) >= 11 is 0. The van der Waals surface area contributed by atoms with Gasteiger partial charge in [0.2, 0.25) is 11.8 Å². The van der Waals surface area contributed by atoms with E-state index in [1.807, 2.05) is 13.1 Å². The molecule has 3 aromatic rings. The van der Waals surface area contributed by atoms with E-state index in [-0.39, 0.29) is 5.82 Å². The molecule has 1 aromatic carbocycles. The summed E-state index contributed by atoms with van der Waals surface area (Å²) in [5.41, 5.74) is 1.38. The standard InChI is InChI=1S/C21H21FN4O2/c1-26(13-14-5-6-14)21-24-11-16(12-25-21)28-20-18(4-3-9-23-20)17-8-7-15(22)10-19(17)27-2/h3-4,7-12,14H,5-6,13H2,1-2H3. The first-order chi connectivity index (χ1) is 13.6. The SMILES string of the molecule is COc1cc(F)ccc1-c1cccnc1Oc1cnc(N(C)CC2CC2)nc1. The average Bonchev–Trinajstić information content (AvgIpc) is 3.53. The van der Waals surface area contributed by atoms with Crippen LogP contribution >= 0.6 is 0 Å². The minimum absolute atomic E-state index is 0.369.